The maximum absolute atomic E-state index is 12.7. The highest BCUT2D eigenvalue weighted by Gasteiger charge is 2.25. The molecule has 7 nitrogen and oxygen atoms in total. The summed E-state index contributed by atoms with van der Waals surface area (Å²) in [6.07, 6.45) is 10.8. The lowest BCUT2D eigenvalue weighted by atomic mass is 9.99. The van der Waals surface area contributed by atoms with Crippen molar-refractivity contribution in [2.24, 2.45) is 0 Å². The van der Waals surface area contributed by atoms with Gasteiger partial charge in [-0.25, -0.2) is 4.79 Å². The van der Waals surface area contributed by atoms with E-state index in [1.165, 1.54) is 13.5 Å². The van der Waals surface area contributed by atoms with Gasteiger partial charge in [-0.1, -0.05) is 31.7 Å². The molecule has 34 heavy (non-hydrogen) atoms. The third-order valence-electron chi connectivity index (χ3n) is 6.34. The lowest BCUT2D eigenvalue weighted by molar-refractivity contribution is 0.0598. The van der Waals surface area contributed by atoms with E-state index >= 15 is 0 Å². The van der Waals surface area contributed by atoms with Crippen molar-refractivity contribution < 1.29 is 19.0 Å². The number of pyridine rings is 1. The molecule has 0 saturated heterocycles. The number of nitrogens with one attached hydrogen (secondary N) is 1. The summed E-state index contributed by atoms with van der Waals surface area (Å²) in [6.45, 7) is 3.79. The highest BCUT2D eigenvalue weighted by Crippen LogP contribution is 2.40. The van der Waals surface area contributed by atoms with Gasteiger partial charge in [0.1, 0.15) is 5.56 Å². The minimum absolute atomic E-state index is 0.0595. The molecular formula is C26H36N2O5S. The number of carbonyl (C=O) groups excluding carboxylic acids is 1. The van der Waals surface area contributed by atoms with Gasteiger partial charge in [0.15, 0.2) is 16.9 Å². The van der Waals surface area contributed by atoms with E-state index in [0.29, 0.717) is 12.4 Å². The molecule has 0 fully saturated rings. The molecule has 186 valence electrons. The standard InChI is InChI=1S/C26H36N2O5S/c1-5-19-11-10-18-14-25(33-13-9-7-6-8-12-27-34-4)24(31-2)15-20(18)22-16-23(29)21(17-28(19)22)26(30)32-3/h14-17,19,27H,5-13H2,1-4H3. The molecule has 1 N–H and O–H groups in total. The average Bonchev–Trinajstić information content (AvgIpc) is 2.99. The van der Waals surface area contributed by atoms with Crippen LogP contribution in [0.15, 0.2) is 29.2 Å². The number of aromatic nitrogens is 1. The molecule has 1 aliphatic heterocycles. The zero-order valence-electron chi connectivity index (χ0n) is 20.6. The number of fused-ring (bicyclic) bond motifs is 3. The fraction of sp³-hybridized carbons (Fsp3) is 0.538. The minimum atomic E-state index is -0.610. The maximum Gasteiger partial charge on any atom is 0.343 e. The molecule has 8 heteroatoms. The van der Waals surface area contributed by atoms with Crippen LogP contribution < -0.4 is 19.6 Å². The quantitative estimate of drug-likeness (QED) is 0.255. The van der Waals surface area contributed by atoms with Crippen LogP contribution in [0.1, 0.15) is 67.4 Å². The fourth-order valence-electron chi connectivity index (χ4n) is 4.45. The third-order valence-corrected chi connectivity index (χ3v) is 6.83. The van der Waals surface area contributed by atoms with E-state index in [0.717, 1.165) is 67.6 Å². The van der Waals surface area contributed by atoms with Crippen LogP contribution in [0.25, 0.3) is 11.3 Å². The van der Waals surface area contributed by atoms with Crippen LogP contribution in [0.4, 0.5) is 0 Å². The second-order valence-corrected chi connectivity index (χ2v) is 9.15. The first-order chi connectivity index (χ1) is 16.5. The van der Waals surface area contributed by atoms with Gasteiger partial charge in [0, 0.05) is 30.4 Å². The number of rotatable bonds is 12. The summed E-state index contributed by atoms with van der Waals surface area (Å²) in [6, 6.07) is 5.73. The van der Waals surface area contributed by atoms with Crippen molar-refractivity contribution in [2.45, 2.75) is 57.9 Å². The number of unbranched alkanes of at least 4 members (excludes halogenated alkanes) is 3. The Kier molecular flexibility index (Phi) is 9.89. The molecule has 0 aliphatic carbocycles. The molecule has 1 atom stereocenters. The normalized spacial score (nSPS) is 14.6. The molecule has 3 rings (SSSR count). The fourth-order valence-corrected chi connectivity index (χ4v) is 4.80. The van der Waals surface area contributed by atoms with Gasteiger partial charge in [-0.2, -0.15) is 0 Å². The Balaban J connectivity index is 1.84. The second-order valence-electron chi connectivity index (χ2n) is 8.46. The van der Waals surface area contributed by atoms with Crippen molar-refractivity contribution in [1.82, 2.24) is 9.29 Å². The number of methoxy groups -OCH3 is 2. The molecule has 2 heterocycles. The largest absolute Gasteiger partial charge is 0.493 e. The zero-order chi connectivity index (χ0) is 24.5. The first kappa shape index (κ1) is 26.2. The van der Waals surface area contributed by atoms with E-state index in [9.17, 15) is 9.59 Å². The molecule has 0 bridgehead atoms. The van der Waals surface area contributed by atoms with Gasteiger partial charge < -0.3 is 18.8 Å². The average molecular weight is 489 g/mol. The van der Waals surface area contributed by atoms with Crippen LogP contribution in [0.3, 0.4) is 0 Å². The summed E-state index contributed by atoms with van der Waals surface area (Å²) >= 11 is 1.66. The van der Waals surface area contributed by atoms with Gasteiger partial charge in [0.25, 0.3) is 0 Å². The minimum Gasteiger partial charge on any atom is -0.493 e. The highest BCUT2D eigenvalue weighted by atomic mass is 32.2. The Bertz CT molecular complexity index is 1040. The Labute approximate surface area is 206 Å². The number of benzene rings is 1. The summed E-state index contributed by atoms with van der Waals surface area (Å²) in [7, 11) is 2.92. The second kappa shape index (κ2) is 12.9. The van der Waals surface area contributed by atoms with Gasteiger partial charge in [-0.05, 0) is 56.1 Å². The number of carbonyl (C=O) groups is 1. The van der Waals surface area contributed by atoms with Crippen LogP contribution in [0.2, 0.25) is 0 Å². The van der Waals surface area contributed by atoms with E-state index in [4.69, 9.17) is 14.2 Å². The van der Waals surface area contributed by atoms with E-state index in [1.54, 1.807) is 31.3 Å². The van der Waals surface area contributed by atoms with Crippen molar-refractivity contribution in [3.8, 4) is 22.8 Å². The van der Waals surface area contributed by atoms with Crippen LogP contribution in [0.5, 0.6) is 11.5 Å². The van der Waals surface area contributed by atoms with Crippen molar-refractivity contribution >= 4 is 17.9 Å². The van der Waals surface area contributed by atoms with Gasteiger partial charge in [0.05, 0.1) is 26.5 Å². The highest BCUT2D eigenvalue weighted by molar-refractivity contribution is 7.96. The molecule has 1 aliphatic rings. The zero-order valence-corrected chi connectivity index (χ0v) is 21.5. The summed E-state index contributed by atoms with van der Waals surface area (Å²) in [5, 5.41) is 0. The number of nitrogens with zero attached hydrogens (tertiary/aromatic N) is 1. The molecule has 0 amide bonds. The number of aryl methyl sites for hydroxylation is 1. The predicted molar refractivity (Wildman–Crippen MR) is 137 cm³/mol. The van der Waals surface area contributed by atoms with E-state index in [1.807, 2.05) is 16.9 Å². The first-order valence-electron chi connectivity index (χ1n) is 12.0. The van der Waals surface area contributed by atoms with Crippen LogP contribution in [0, 0.1) is 0 Å². The Morgan fingerprint density at radius 1 is 1.15 bits per heavy atom. The lowest BCUT2D eigenvalue weighted by Crippen LogP contribution is -2.21. The lowest BCUT2D eigenvalue weighted by Gasteiger charge is -2.21. The number of hydrogen-bond acceptors (Lipinski definition) is 7. The van der Waals surface area contributed by atoms with Crippen molar-refractivity contribution in [2.75, 3.05) is 33.6 Å². The topological polar surface area (TPSA) is 78.8 Å². The molecule has 1 unspecified atom stereocenters. The monoisotopic (exact) mass is 488 g/mol. The van der Waals surface area contributed by atoms with Gasteiger partial charge in [0.2, 0.25) is 0 Å². The number of esters is 1. The Morgan fingerprint density at radius 2 is 1.94 bits per heavy atom. The molecular weight excluding hydrogens is 452 g/mol. The van der Waals surface area contributed by atoms with E-state index < -0.39 is 5.97 Å². The Hall–Kier alpha value is -2.45. The smallest absolute Gasteiger partial charge is 0.343 e. The molecule has 2 aromatic rings. The van der Waals surface area contributed by atoms with Crippen molar-refractivity contribution in [3.63, 3.8) is 0 Å². The molecule has 0 saturated carbocycles. The van der Waals surface area contributed by atoms with Crippen LogP contribution in [-0.2, 0) is 11.2 Å². The Morgan fingerprint density at radius 3 is 2.65 bits per heavy atom. The van der Waals surface area contributed by atoms with Gasteiger partial charge >= 0.3 is 5.97 Å². The number of ether oxygens (including phenoxy) is 3. The summed E-state index contributed by atoms with van der Waals surface area (Å²) in [5.74, 6) is 0.774. The summed E-state index contributed by atoms with van der Waals surface area (Å²) in [4.78, 5) is 24.9. The van der Waals surface area contributed by atoms with Crippen molar-refractivity contribution in [3.05, 3.63) is 45.7 Å². The van der Waals surface area contributed by atoms with Crippen LogP contribution >= 0.6 is 11.9 Å². The number of hydrogen-bond donors (Lipinski definition) is 1. The van der Waals surface area contributed by atoms with E-state index in [2.05, 4.69) is 17.7 Å². The molecule has 1 aromatic heterocycles. The molecule has 0 spiro atoms. The van der Waals surface area contributed by atoms with Gasteiger partial charge in [-0.15, -0.1) is 0 Å². The van der Waals surface area contributed by atoms with Crippen molar-refractivity contribution in [1.29, 1.82) is 0 Å². The SMILES string of the molecule is CCC1CCc2cc(OCCCCCCNSC)c(OC)cc2-c2cc(=O)c(C(=O)OC)cn21. The van der Waals surface area contributed by atoms with Crippen LogP contribution in [-0.4, -0.2) is 44.2 Å². The molecule has 0 radical (unpaired) electrons. The first-order valence-corrected chi connectivity index (χ1v) is 13.2. The molecule has 1 aromatic carbocycles. The predicted octanol–water partition coefficient (Wildman–Crippen LogP) is 5.01. The summed E-state index contributed by atoms with van der Waals surface area (Å²) in [5.41, 5.74) is 2.57. The summed E-state index contributed by atoms with van der Waals surface area (Å²) < 4.78 is 21.9. The van der Waals surface area contributed by atoms with E-state index in [-0.39, 0.29) is 17.0 Å². The third kappa shape index (κ3) is 6.16. The maximum atomic E-state index is 12.7. The van der Waals surface area contributed by atoms with Gasteiger partial charge in [-0.3, -0.25) is 9.52 Å².